The summed E-state index contributed by atoms with van der Waals surface area (Å²) in [5.74, 6) is -0.421. The molecule has 1 aliphatic rings. The van der Waals surface area contributed by atoms with Crippen molar-refractivity contribution in [1.29, 1.82) is 0 Å². The number of halogens is 2. The number of methoxy groups -OCH3 is 1. The van der Waals surface area contributed by atoms with Crippen LogP contribution in [0.2, 0.25) is 0 Å². The van der Waals surface area contributed by atoms with E-state index in [4.69, 9.17) is 9.47 Å². The molecule has 0 atom stereocenters. The van der Waals surface area contributed by atoms with Crippen LogP contribution in [0.4, 0.5) is 14.9 Å². The van der Waals surface area contributed by atoms with E-state index < -0.39 is 11.1 Å². The van der Waals surface area contributed by atoms with Crippen molar-refractivity contribution in [1.82, 2.24) is 4.90 Å². The van der Waals surface area contributed by atoms with Crippen molar-refractivity contribution in [3.05, 3.63) is 92.0 Å². The number of carbonyl (C=O) groups is 3. The van der Waals surface area contributed by atoms with Crippen molar-refractivity contribution in [2.24, 2.45) is 0 Å². The molecule has 1 heterocycles. The lowest BCUT2D eigenvalue weighted by molar-refractivity contribution is -0.123. The Kier molecular flexibility index (Phi) is 8.53. The van der Waals surface area contributed by atoms with Crippen molar-refractivity contribution in [3.8, 4) is 11.5 Å². The van der Waals surface area contributed by atoms with Gasteiger partial charge in [-0.3, -0.25) is 19.3 Å². The third-order valence-electron chi connectivity index (χ3n) is 5.97. The van der Waals surface area contributed by atoms with Gasteiger partial charge in [0.1, 0.15) is 5.82 Å². The number of hydrogen-bond acceptors (Lipinski definition) is 6. The lowest BCUT2D eigenvalue weighted by Crippen LogP contribution is -2.27. The fraction of sp³-hybridized carbons (Fsp3) is 0.179. The lowest BCUT2D eigenvalue weighted by Gasteiger charge is -2.14. The quantitative estimate of drug-likeness (QED) is 0.299. The summed E-state index contributed by atoms with van der Waals surface area (Å²) in [4.78, 5) is 39.1. The summed E-state index contributed by atoms with van der Waals surface area (Å²) in [6.07, 6.45) is 1.59. The van der Waals surface area contributed by atoms with Crippen LogP contribution in [-0.4, -0.2) is 35.7 Å². The largest absolute Gasteiger partial charge is 0.493 e. The van der Waals surface area contributed by atoms with Gasteiger partial charge in [0.2, 0.25) is 0 Å². The molecule has 7 nitrogen and oxygen atoms in total. The summed E-state index contributed by atoms with van der Waals surface area (Å²) in [7, 11) is 1.47. The number of rotatable bonds is 8. The summed E-state index contributed by atoms with van der Waals surface area (Å²) in [6, 6.07) is 14.3. The Morgan fingerprint density at radius 1 is 1.05 bits per heavy atom. The number of hydrogen-bond donors (Lipinski definition) is 1. The summed E-state index contributed by atoms with van der Waals surface area (Å²) in [5.41, 5.74) is 3.96. The minimum Gasteiger partial charge on any atom is -0.493 e. The standard InChI is InChI=1S/C28H24BrFN2O5S/c1-16-17(2)22(10-9-21(16)29)31-26(33)15-37-23-11-6-19(12-24(23)36-3)13-25-27(34)32(28(35)38-25)14-18-4-7-20(30)8-5-18/h4-13H,14-15H2,1-3H3,(H,31,33)/b25-13+. The highest BCUT2D eigenvalue weighted by Gasteiger charge is 2.35. The van der Waals surface area contributed by atoms with Gasteiger partial charge in [0.15, 0.2) is 18.1 Å². The van der Waals surface area contributed by atoms with Gasteiger partial charge in [0.05, 0.1) is 18.6 Å². The van der Waals surface area contributed by atoms with Crippen molar-refractivity contribution in [2.45, 2.75) is 20.4 Å². The molecule has 4 rings (SSSR count). The Morgan fingerprint density at radius 3 is 2.50 bits per heavy atom. The van der Waals surface area contributed by atoms with Crippen LogP contribution in [0.1, 0.15) is 22.3 Å². The van der Waals surface area contributed by atoms with Crippen LogP contribution in [0.5, 0.6) is 11.5 Å². The predicted octanol–water partition coefficient (Wildman–Crippen LogP) is 6.47. The van der Waals surface area contributed by atoms with Crippen LogP contribution in [0.3, 0.4) is 0 Å². The highest BCUT2D eigenvalue weighted by molar-refractivity contribution is 9.10. The maximum absolute atomic E-state index is 13.2. The second kappa shape index (κ2) is 11.8. The minimum atomic E-state index is -0.432. The maximum atomic E-state index is 13.2. The highest BCUT2D eigenvalue weighted by Crippen LogP contribution is 2.35. The number of nitrogens with one attached hydrogen (secondary N) is 1. The molecule has 3 aromatic rings. The Labute approximate surface area is 232 Å². The molecule has 0 radical (unpaired) electrons. The minimum absolute atomic E-state index is 0.0554. The van der Waals surface area contributed by atoms with Crippen LogP contribution < -0.4 is 14.8 Å². The first kappa shape index (κ1) is 27.4. The van der Waals surface area contributed by atoms with E-state index in [-0.39, 0.29) is 29.8 Å². The molecule has 0 bridgehead atoms. The van der Waals surface area contributed by atoms with E-state index in [1.807, 2.05) is 26.0 Å². The van der Waals surface area contributed by atoms with Gasteiger partial charge in [0.25, 0.3) is 17.1 Å². The summed E-state index contributed by atoms with van der Waals surface area (Å²) < 4.78 is 25.2. The molecule has 0 saturated carbocycles. The molecule has 1 fully saturated rings. The second-order valence-corrected chi connectivity index (χ2v) is 10.3. The Bertz CT molecular complexity index is 1440. The van der Waals surface area contributed by atoms with Gasteiger partial charge in [-0.15, -0.1) is 0 Å². The number of thioether (sulfide) groups is 1. The van der Waals surface area contributed by atoms with Gasteiger partial charge in [-0.2, -0.15) is 0 Å². The van der Waals surface area contributed by atoms with E-state index in [0.29, 0.717) is 28.3 Å². The van der Waals surface area contributed by atoms with E-state index in [2.05, 4.69) is 21.2 Å². The average molecular weight is 599 g/mol. The third-order valence-corrected chi connectivity index (χ3v) is 7.73. The Balaban J connectivity index is 1.42. The molecule has 0 spiro atoms. The number of imide groups is 1. The van der Waals surface area contributed by atoms with Crippen LogP contribution in [0, 0.1) is 19.7 Å². The second-order valence-electron chi connectivity index (χ2n) is 8.49. The Morgan fingerprint density at radius 2 is 1.79 bits per heavy atom. The first-order chi connectivity index (χ1) is 18.2. The van der Waals surface area contributed by atoms with Gasteiger partial charge in [-0.05, 0) is 90.3 Å². The zero-order chi connectivity index (χ0) is 27.4. The highest BCUT2D eigenvalue weighted by atomic mass is 79.9. The van der Waals surface area contributed by atoms with Gasteiger partial charge in [-0.1, -0.05) is 34.1 Å². The molecular weight excluding hydrogens is 575 g/mol. The van der Waals surface area contributed by atoms with E-state index in [1.165, 1.54) is 31.4 Å². The fourth-order valence-corrected chi connectivity index (χ4v) is 4.97. The number of carbonyl (C=O) groups excluding carboxylic acids is 3. The molecule has 0 aliphatic carbocycles. The van der Waals surface area contributed by atoms with Gasteiger partial charge in [-0.25, -0.2) is 4.39 Å². The molecule has 1 aliphatic heterocycles. The van der Waals surface area contributed by atoms with E-state index >= 15 is 0 Å². The SMILES string of the molecule is COc1cc(/C=C2/SC(=O)N(Cc3ccc(F)cc3)C2=O)ccc1OCC(=O)Nc1ccc(Br)c(C)c1C. The fourth-order valence-electron chi connectivity index (χ4n) is 3.71. The van der Waals surface area contributed by atoms with Crippen LogP contribution in [0.25, 0.3) is 6.08 Å². The van der Waals surface area contributed by atoms with Gasteiger partial charge >= 0.3 is 0 Å². The molecule has 10 heteroatoms. The van der Waals surface area contributed by atoms with Crippen molar-refractivity contribution >= 4 is 56.5 Å². The molecule has 0 unspecified atom stereocenters. The molecular formula is C28H24BrFN2O5S. The van der Waals surface area contributed by atoms with E-state index in [0.717, 1.165) is 32.3 Å². The lowest BCUT2D eigenvalue weighted by atomic mass is 10.1. The summed E-state index contributed by atoms with van der Waals surface area (Å²) in [5, 5.41) is 2.45. The van der Waals surface area contributed by atoms with Crippen LogP contribution in [-0.2, 0) is 16.1 Å². The third kappa shape index (κ3) is 6.25. The van der Waals surface area contributed by atoms with Gasteiger partial charge < -0.3 is 14.8 Å². The van der Waals surface area contributed by atoms with Gasteiger partial charge in [0, 0.05) is 10.2 Å². The maximum Gasteiger partial charge on any atom is 0.293 e. The number of ether oxygens (including phenoxy) is 2. The molecule has 1 N–H and O–H groups in total. The average Bonchev–Trinajstić information content (AvgIpc) is 3.16. The number of anilines is 1. The molecule has 38 heavy (non-hydrogen) atoms. The van der Waals surface area contributed by atoms with E-state index in [9.17, 15) is 18.8 Å². The van der Waals surface area contributed by atoms with Crippen molar-refractivity contribution < 1.29 is 28.2 Å². The van der Waals surface area contributed by atoms with Crippen molar-refractivity contribution in [3.63, 3.8) is 0 Å². The number of nitrogens with zero attached hydrogens (tertiary/aromatic N) is 1. The van der Waals surface area contributed by atoms with E-state index in [1.54, 1.807) is 24.3 Å². The van der Waals surface area contributed by atoms with Crippen LogP contribution in [0.15, 0.2) is 64.0 Å². The molecule has 3 amide bonds. The summed E-state index contributed by atoms with van der Waals surface area (Å²) >= 11 is 4.31. The molecule has 1 saturated heterocycles. The van der Waals surface area contributed by atoms with Crippen molar-refractivity contribution in [2.75, 3.05) is 19.0 Å². The zero-order valence-electron chi connectivity index (χ0n) is 20.8. The van der Waals surface area contributed by atoms with Crippen LogP contribution >= 0.6 is 27.7 Å². The molecule has 196 valence electrons. The normalized spacial score (nSPS) is 14.2. The smallest absolute Gasteiger partial charge is 0.293 e. The first-order valence-electron chi connectivity index (χ1n) is 11.5. The molecule has 3 aromatic carbocycles. The first-order valence-corrected chi connectivity index (χ1v) is 13.1. The monoisotopic (exact) mass is 598 g/mol. The number of benzene rings is 3. The summed E-state index contributed by atoms with van der Waals surface area (Å²) in [6.45, 7) is 3.71. The topological polar surface area (TPSA) is 84.9 Å². The predicted molar refractivity (Wildman–Crippen MR) is 149 cm³/mol. The molecule has 0 aromatic heterocycles. The zero-order valence-corrected chi connectivity index (χ0v) is 23.2. The number of amides is 3. The Hall–Kier alpha value is -3.63.